The average molecular weight is 175 g/mol. The van der Waals surface area contributed by atoms with Gasteiger partial charge in [-0.05, 0) is 19.3 Å². The Morgan fingerprint density at radius 2 is 2.00 bits per heavy atom. The third-order valence-electron chi connectivity index (χ3n) is 2.72. The van der Waals surface area contributed by atoms with Crippen LogP contribution in [0.25, 0.3) is 0 Å². The highest BCUT2D eigenvalue weighted by Crippen LogP contribution is 2.34. The fraction of sp³-hybridized carbons (Fsp3) is 1.00. The molecule has 0 radical (unpaired) electrons. The van der Waals surface area contributed by atoms with Gasteiger partial charge in [-0.25, -0.2) is 8.42 Å². The van der Waals surface area contributed by atoms with Crippen LogP contribution in [0.2, 0.25) is 0 Å². The van der Waals surface area contributed by atoms with E-state index >= 15 is 0 Å². The van der Waals surface area contributed by atoms with Crippen molar-refractivity contribution in [3.05, 3.63) is 0 Å². The van der Waals surface area contributed by atoms with E-state index in [0.29, 0.717) is 18.1 Å². The molecule has 1 aliphatic carbocycles. The van der Waals surface area contributed by atoms with E-state index in [1.807, 2.05) is 0 Å². The Kier molecular flexibility index (Phi) is 1.51. The molecule has 2 fully saturated rings. The van der Waals surface area contributed by atoms with Crippen molar-refractivity contribution in [3.8, 4) is 0 Å². The van der Waals surface area contributed by atoms with Gasteiger partial charge in [-0.3, -0.25) is 0 Å². The summed E-state index contributed by atoms with van der Waals surface area (Å²) in [7, 11) is -2.71. The zero-order valence-electron chi connectivity index (χ0n) is 6.47. The van der Waals surface area contributed by atoms with Crippen LogP contribution in [-0.4, -0.2) is 32.0 Å². The minimum atomic E-state index is -2.71. The average Bonchev–Trinajstić information content (AvgIpc) is 1.82. The Hall–Kier alpha value is -0.0900. The van der Waals surface area contributed by atoms with E-state index in [-0.39, 0.29) is 5.54 Å². The van der Waals surface area contributed by atoms with E-state index in [9.17, 15) is 8.42 Å². The van der Waals surface area contributed by atoms with Gasteiger partial charge in [-0.2, -0.15) is 0 Å². The molecule has 1 saturated heterocycles. The topological polar surface area (TPSA) is 46.2 Å². The molecule has 1 saturated carbocycles. The fourth-order valence-corrected chi connectivity index (χ4v) is 3.73. The van der Waals surface area contributed by atoms with Crippen LogP contribution in [0.5, 0.6) is 0 Å². The van der Waals surface area contributed by atoms with E-state index in [1.54, 1.807) is 0 Å². The molecule has 0 aromatic heterocycles. The lowest BCUT2D eigenvalue weighted by Crippen LogP contribution is -2.60. The Bertz CT molecular complexity index is 254. The van der Waals surface area contributed by atoms with Crippen LogP contribution in [0.15, 0.2) is 0 Å². The molecule has 0 aromatic rings. The molecule has 11 heavy (non-hydrogen) atoms. The first-order chi connectivity index (χ1) is 5.12. The predicted octanol–water partition coefficient (Wildman–Crippen LogP) is -0.0729. The second kappa shape index (κ2) is 2.20. The summed E-state index contributed by atoms with van der Waals surface area (Å²) in [6, 6.07) is 0. The van der Waals surface area contributed by atoms with Crippen LogP contribution >= 0.6 is 0 Å². The molecule has 4 heteroatoms. The summed E-state index contributed by atoms with van der Waals surface area (Å²) in [5.41, 5.74) is -0.00289. The SMILES string of the molecule is O=S1(=O)CCNC2(CCC2)C1. The second-order valence-electron chi connectivity index (χ2n) is 3.65. The predicted molar refractivity (Wildman–Crippen MR) is 43.2 cm³/mol. The minimum absolute atomic E-state index is 0.00289. The van der Waals surface area contributed by atoms with Crippen molar-refractivity contribution in [2.24, 2.45) is 0 Å². The highest BCUT2D eigenvalue weighted by atomic mass is 32.2. The molecule has 2 rings (SSSR count). The van der Waals surface area contributed by atoms with Crippen LogP contribution < -0.4 is 5.32 Å². The summed E-state index contributed by atoms with van der Waals surface area (Å²) in [6.07, 6.45) is 3.28. The zero-order valence-corrected chi connectivity index (χ0v) is 7.28. The van der Waals surface area contributed by atoms with Gasteiger partial charge in [0.2, 0.25) is 0 Å². The summed E-state index contributed by atoms with van der Waals surface area (Å²) in [4.78, 5) is 0. The first-order valence-corrected chi connectivity index (χ1v) is 5.90. The van der Waals surface area contributed by atoms with Gasteiger partial charge in [0, 0.05) is 12.1 Å². The van der Waals surface area contributed by atoms with Crippen LogP contribution in [0.1, 0.15) is 19.3 Å². The first kappa shape index (κ1) is 7.55. The molecule has 64 valence electrons. The summed E-state index contributed by atoms with van der Waals surface area (Å²) in [5, 5.41) is 3.31. The third kappa shape index (κ3) is 1.29. The summed E-state index contributed by atoms with van der Waals surface area (Å²) in [6.45, 7) is 0.655. The van der Waals surface area contributed by atoms with Crippen molar-refractivity contribution in [1.82, 2.24) is 5.32 Å². The van der Waals surface area contributed by atoms with Gasteiger partial charge in [0.25, 0.3) is 0 Å². The van der Waals surface area contributed by atoms with Crippen molar-refractivity contribution in [1.29, 1.82) is 0 Å². The largest absolute Gasteiger partial charge is 0.309 e. The molecule has 3 nitrogen and oxygen atoms in total. The zero-order chi connectivity index (χ0) is 7.95. The Morgan fingerprint density at radius 3 is 2.36 bits per heavy atom. The maximum absolute atomic E-state index is 11.2. The Balaban J connectivity index is 2.15. The van der Waals surface area contributed by atoms with E-state index in [4.69, 9.17) is 0 Å². The van der Waals surface area contributed by atoms with E-state index in [2.05, 4.69) is 5.32 Å². The number of nitrogens with one attached hydrogen (secondary N) is 1. The number of hydrogen-bond donors (Lipinski definition) is 1. The highest BCUT2D eigenvalue weighted by Gasteiger charge is 2.42. The molecule has 0 bridgehead atoms. The Labute approximate surface area is 67.1 Å². The number of rotatable bonds is 0. The number of sulfone groups is 1. The molecule has 1 spiro atoms. The van der Waals surface area contributed by atoms with Crippen LogP contribution in [0.4, 0.5) is 0 Å². The molecule has 0 atom stereocenters. The third-order valence-corrected chi connectivity index (χ3v) is 4.54. The van der Waals surface area contributed by atoms with E-state index < -0.39 is 9.84 Å². The van der Waals surface area contributed by atoms with Gasteiger partial charge >= 0.3 is 0 Å². The van der Waals surface area contributed by atoms with Crippen molar-refractivity contribution in [2.75, 3.05) is 18.1 Å². The van der Waals surface area contributed by atoms with Gasteiger partial charge in [-0.1, -0.05) is 0 Å². The highest BCUT2D eigenvalue weighted by molar-refractivity contribution is 7.91. The van der Waals surface area contributed by atoms with Crippen molar-refractivity contribution in [2.45, 2.75) is 24.8 Å². The molecule has 0 unspecified atom stereocenters. The quantitative estimate of drug-likeness (QED) is 0.560. The molecule has 1 aliphatic heterocycles. The normalized spacial score (nSPS) is 33.1. The van der Waals surface area contributed by atoms with Crippen molar-refractivity contribution in [3.63, 3.8) is 0 Å². The number of hydrogen-bond acceptors (Lipinski definition) is 3. The molecular formula is C7H13NO2S. The van der Waals surface area contributed by atoms with Gasteiger partial charge in [0.1, 0.15) is 0 Å². The lowest BCUT2D eigenvalue weighted by atomic mass is 9.78. The molecule has 1 heterocycles. The maximum Gasteiger partial charge on any atom is 0.153 e. The van der Waals surface area contributed by atoms with Gasteiger partial charge in [-0.15, -0.1) is 0 Å². The van der Waals surface area contributed by atoms with E-state index in [0.717, 1.165) is 12.8 Å². The fourth-order valence-electron chi connectivity index (χ4n) is 1.94. The summed E-state index contributed by atoms with van der Waals surface area (Å²) >= 11 is 0. The lowest BCUT2D eigenvalue weighted by Gasteiger charge is -2.45. The second-order valence-corrected chi connectivity index (χ2v) is 5.84. The van der Waals surface area contributed by atoms with Crippen LogP contribution in [0.3, 0.4) is 0 Å². The van der Waals surface area contributed by atoms with E-state index in [1.165, 1.54) is 6.42 Å². The standard InChI is InChI=1S/C7H13NO2S/c9-11(10)5-4-8-7(6-11)2-1-3-7/h8H,1-6H2. The van der Waals surface area contributed by atoms with Crippen molar-refractivity contribution < 1.29 is 8.42 Å². The molecule has 1 N–H and O–H groups in total. The smallest absolute Gasteiger partial charge is 0.153 e. The van der Waals surface area contributed by atoms with Gasteiger partial charge < -0.3 is 5.32 Å². The minimum Gasteiger partial charge on any atom is -0.309 e. The van der Waals surface area contributed by atoms with Crippen LogP contribution in [-0.2, 0) is 9.84 Å². The maximum atomic E-state index is 11.2. The molecule has 2 aliphatic rings. The van der Waals surface area contributed by atoms with Gasteiger partial charge in [0.15, 0.2) is 9.84 Å². The molecule has 0 aromatic carbocycles. The summed E-state index contributed by atoms with van der Waals surface area (Å²) in [5.74, 6) is 0.703. The first-order valence-electron chi connectivity index (χ1n) is 4.07. The van der Waals surface area contributed by atoms with Crippen LogP contribution in [0, 0.1) is 0 Å². The summed E-state index contributed by atoms with van der Waals surface area (Å²) < 4.78 is 22.4. The monoisotopic (exact) mass is 175 g/mol. The molecular weight excluding hydrogens is 162 g/mol. The van der Waals surface area contributed by atoms with Crippen molar-refractivity contribution >= 4 is 9.84 Å². The Morgan fingerprint density at radius 1 is 1.27 bits per heavy atom. The van der Waals surface area contributed by atoms with Gasteiger partial charge in [0.05, 0.1) is 11.5 Å². The molecule has 0 amide bonds. The lowest BCUT2D eigenvalue weighted by molar-refractivity contribution is 0.210.